The third-order valence-electron chi connectivity index (χ3n) is 4.24. The van der Waals surface area contributed by atoms with Crippen molar-refractivity contribution in [3.8, 4) is 0 Å². The van der Waals surface area contributed by atoms with Gasteiger partial charge in [-0.25, -0.2) is 0 Å². The molecule has 22 heavy (non-hydrogen) atoms. The number of amides is 2. The van der Waals surface area contributed by atoms with Crippen LogP contribution in [0.1, 0.15) is 17.4 Å². The Balaban J connectivity index is 1.84. The molecule has 3 rings (SSSR count). The molecule has 0 spiro atoms. The van der Waals surface area contributed by atoms with Crippen molar-refractivity contribution in [1.29, 1.82) is 0 Å². The van der Waals surface area contributed by atoms with Gasteiger partial charge in [-0.05, 0) is 18.2 Å². The highest BCUT2D eigenvalue weighted by Crippen LogP contribution is 2.23. The number of carbonyl (C=O) groups is 2. The van der Waals surface area contributed by atoms with E-state index in [0.29, 0.717) is 36.9 Å². The van der Waals surface area contributed by atoms with Crippen molar-refractivity contribution in [2.75, 3.05) is 26.2 Å². The summed E-state index contributed by atoms with van der Waals surface area (Å²) >= 11 is 6.03. The second-order valence-electron chi connectivity index (χ2n) is 5.59. The van der Waals surface area contributed by atoms with Crippen molar-refractivity contribution >= 4 is 34.3 Å². The van der Waals surface area contributed by atoms with Gasteiger partial charge in [0.2, 0.25) is 5.91 Å². The molecule has 2 amide bonds. The van der Waals surface area contributed by atoms with Crippen molar-refractivity contribution in [3.63, 3.8) is 0 Å². The summed E-state index contributed by atoms with van der Waals surface area (Å²) < 4.78 is 1.88. The maximum atomic E-state index is 12.7. The molecule has 2 heterocycles. The van der Waals surface area contributed by atoms with Gasteiger partial charge in [0, 0.05) is 56.1 Å². The fourth-order valence-corrected chi connectivity index (χ4v) is 3.06. The maximum Gasteiger partial charge on any atom is 0.270 e. The lowest BCUT2D eigenvalue weighted by molar-refractivity contribution is -0.130. The van der Waals surface area contributed by atoms with E-state index in [0.717, 1.165) is 10.9 Å². The third-order valence-corrected chi connectivity index (χ3v) is 4.47. The van der Waals surface area contributed by atoms with E-state index in [1.807, 2.05) is 35.9 Å². The zero-order valence-electron chi connectivity index (χ0n) is 12.7. The van der Waals surface area contributed by atoms with Crippen molar-refractivity contribution < 1.29 is 9.59 Å². The minimum Gasteiger partial charge on any atom is -0.340 e. The van der Waals surface area contributed by atoms with Gasteiger partial charge < -0.3 is 14.4 Å². The average Bonchev–Trinajstić information content (AvgIpc) is 2.83. The first kappa shape index (κ1) is 14.9. The maximum absolute atomic E-state index is 12.7. The van der Waals surface area contributed by atoms with E-state index in [9.17, 15) is 9.59 Å². The molecule has 1 aliphatic heterocycles. The minimum absolute atomic E-state index is 0.00183. The standard InChI is InChI=1S/C16H18ClN3O2/c1-11(21)19-5-7-20(8-6-19)16(22)15-9-12-3-4-13(17)10-14(12)18(15)2/h3-4,9-10H,5-8H2,1-2H3. The van der Waals surface area contributed by atoms with E-state index in [-0.39, 0.29) is 11.8 Å². The van der Waals surface area contributed by atoms with E-state index in [2.05, 4.69) is 0 Å². The summed E-state index contributed by atoms with van der Waals surface area (Å²) in [5.41, 5.74) is 1.59. The molecule has 2 aromatic rings. The van der Waals surface area contributed by atoms with Gasteiger partial charge in [0.25, 0.3) is 5.91 Å². The van der Waals surface area contributed by atoms with Gasteiger partial charge >= 0.3 is 0 Å². The molecule has 6 heteroatoms. The Labute approximate surface area is 134 Å². The normalized spacial score (nSPS) is 15.4. The first-order valence-corrected chi connectivity index (χ1v) is 7.65. The molecular formula is C16H18ClN3O2. The Morgan fingerprint density at radius 2 is 1.68 bits per heavy atom. The van der Waals surface area contributed by atoms with Crippen LogP contribution < -0.4 is 0 Å². The van der Waals surface area contributed by atoms with Gasteiger partial charge in [-0.15, -0.1) is 0 Å². The molecule has 1 saturated heterocycles. The van der Waals surface area contributed by atoms with Gasteiger partial charge in [0.1, 0.15) is 5.69 Å². The van der Waals surface area contributed by atoms with Crippen LogP contribution in [-0.2, 0) is 11.8 Å². The van der Waals surface area contributed by atoms with Crippen LogP contribution in [0.3, 0.4) is 0 Å². The van der Waals surface area contributed by atoms with Crippen LogP contribution >= 0.6 is 11.6 Å². The molecule has 0 saturated carbocycles. The van der Waals surface area contributed by atoms with Crippen molar-refractivity contribution in [3.05, 3.63) is 35.0 Å². The lowest BCUT2D eigenvalue weighted by Crippen LogP contribution is -2.50. The van der Waals surface area contributed by atoms with Gasteiger partial charge in [0.15, 0.2) is 0 Å². The molecular weight excluding hydrogens is 302 g/mol. The molecule has 1 aliphatic rings. The summed E-state index contributed by atoms with van der Waals surface area (Å²) in [6.45, 7) is 3.89. The molecule has 5 nitrogen and oxygen atoms in total. The molecule has 0 atom stereocenters. The summed E-state index contributed by atoms with van der Waals surface area (Å²) in [6, 6.07) is 7.50. The highest BCUT2D eigenvalue weighted by Gasteiger charge is 2.25. The summed E-state index contributed by atoms with van der Waals surface area (Å²) in [6.07, 6.45) is 0. The van der Waals surface area contributed by atoms with Crippen molar-refractivity contribution in [2.24, 2.45) is 7.05 Å². The quantitative estimate of drug-likeness (QED) is 0.808. The molecule has 0 radical (unpaired) electrons. The zero-order valence-corrected chi connectivity index (χ0v) is 13.4. The lowest BCUT2D eigenvalue weighted by atomic mass is 10.2. The van der Waals surface area contributed by atoms with Gasteiger partial charge in [-0.2, -0.15) is 0 Å². The van der Waals surface area contributed by atoms with E-state index in [4.69, 9.17) is 11.6 Å². The van der Waals surface area contributed by atoms with Crippen molar-refractivity contribution in [1.82, 2.24) is 14.4 Å². The van der Waals surface area contributed by atoms with E-state index < -0.39 is 0 Å². The van der Waals surface area contributed by atoms with Crippen LogP contribution in [0, 0.1) is 0 Å². The number of carbonyl (C=O) groups excluding carboxylic acids is 2. The van der Waals surface area contributed by atoms with Gasteiger partial charge in [0.05, 0.1) is 0 Å². The Bertz CT molecular complexity index is 745. The Morgan fingerprint density at radius 1 is 1.05 bits per heavy atom. The molecule has 116 valence electrons. The highest BCUT2D eigenvalue weighted by molar-refractivity contribution is 6.31. The topological polar surface area (TPSA) is 45.6 Å². The first-order chi connectivity index (χ1) is 10.5. The fourth-order valence-electron chi connectivity index (χ4n) is 2.89. The fraction of sp³-hybridized carbons (Fsp3) is 0.375. The summed E-state index contributed by atoms with van der Waals surface area (Å²) in [5.74, 6) is 0.0596. The SMILES string of the molecule is CC(=O)N1CCN(C(=O)c2cc3ccc(Cl)cc3n2C)CC1. The molecule has 1 fully saturated rings. The number of hydrogen-bond donors (Lipinski definition) is 0. The minimum atomic E-state index is -0.00183. The number of aryl methyl sites for hydroxylation is 1. The number of halogens is 1. The number of hydrogen-bond acceptors (Lipinski definition) is 2. The van der Waals surface area contributed by atoms with E-state index >= 15 is 0 Å². The largest absolute Gasteiger partial charge is 0.340 e. The Kier molecular flexibility index (Phi) is 3.83. The van der Waals surface area contributed by atoms with Crippen molar-refractivity contribution in [2.45, 2.75) is 6.92 Å². The van der Waals surface area contributed by atoms with E-state index in [1.165, 1.54) is 0 Å². The Hall–Kier alpha value is -2.01. The van der Waals surface area contributed by atoms with Gasteiger partial charge in [-0.1, -0.05) is 17.7 Å². The molecule has 1 aromatic heterocycles. The summed E-state index contributed by atoms with van der Waals surface area (Å²) in [4.78, 5) is 27.6. The molecule has 0 N–H and O–H groups in total. The first-order valence-electron chi connectivity index (χ1n) is 7.27. The van der Waals surface area contributed by atoms with Crippen LogP contribution in [0.2, 0.25) is 5.02 Å². The number of aromatic nitrogens is 1. The second kappa shape index (κ2) is 5.65. The molecule has 1 aromatic carbocycles. The molecule has 0 bridgehead atoms. The summed E-state index contributed by atoms with van der Waals surface area (Å²) in [7, 11) is 1.87. The van der Waals surface area contributed by atoms with Crippen LogP contribution in [0.4, 0.5) is 0 Å². The zero-order chi connectivity index (χ0) is 15.9. The number of rotatable bonds is 1. The third kappa shape index (κ3) is 2.57. The molecule has 0 aliphatic carbocycles. The van der Waals surface area contributed by atoms with Crippen LogP contribution in [0.15, 0.2) is 24.3 Å². The van der Waals surface area contributed by atoms with Crippen LogP contribution in [0.5, 0.6) is 0 Å². The predicted octanol–water partition coefficient (Wildman–Crippen LogP) is 2.14. The number of piperazine rings is 1. The lowest BCUT2D eigenvalue weighted by Gasteiger charge is -2.34. The monoisotopic (exact) mass is 319 g/mol. The molecule has 0 unspecified atom stereocenters. The second-order valence-corrected chi connectivity index (χ2v) is 6.03. The van der Waals surface area contributed by atoms with Crippen LogP contribution in [-0.4, -0.2) is 52.4 Å². The number of fused-ring (bicyclic) bond motifs is 1. The van der Waals surface area contributed by atoms with Crippen LogP contribution in [0.25, 0.3) is 10.9 Å². The number of nitrogens with zero attached hydrogens (tertiary/aromatic N) is 3. The predicted molar refractivity (Wildman–Crippen MR) is 86.1 cm³/mol. The van der Waals surface area contributed by atoms with E-state index in [1.54, 1.807) is 16.7 Å². The highest BCUT2D eigenvalue weighted by atomic mass is 35.5. The van der Waals surface area contributed by atoms with Gasteiger partial charge in [-0.3, -0.25) is 9.59 Å². The summed E-state index contributed by atoms with van der Waals surface area (Å²) in [5, 5.41) is 1.65. The average molecular weight is 320 g/mol. The Morgan fingerprint density at radius 3 is 2.32 bits per heavy atom. The number of benzene rings is 1. The smallest absolute Gasteiger partial charge is 0.270 e.